The SMILES string of the molecule is OCCOCCCNCC(O)COC1CCCCC1. The van der Waals surface area contributed by atoms with E-state index in [-0.39, 0.29) is 6.61 Å². The lowest BCUT2D eigenvalue weighted by atomic mass is 9.98. The van der Waals surface area contributed by atoms with Crippen LogP contribution in [0.5, 0.6) is 0 Å². The number of hydrogen-bond donors (Lipinski definition) is 3. The summed E-state index contributed by atoms with van der Waals surface area (Å²) in [5, 5.41) is 21.5. The van der Waals surface area contributed by atoms with Crippen molar-refractivity contribution in [1.29, 1.82) is 0 Å². The lowest BCUT2D eigenvalue weighted by molar-refractivity contribution is -0.0230. The summed E-state index contributed by atoms with van der Waals surface area (Å²) in [6.07, 6.45) is 6.93. The molecule has 1 saturated carbocycles. The highest BCUT2D eigenvalue weighted by Crippen LogP contribution is 2.20. The highest BCUT2D eigenvalue weighted by atomic mass is 16.5. The number of aliphatic hydroxyl groups excluding tert-OH is 2. The fourth-order valence-corrected chi connectivity index (χ4v) is 2.27. The smallest absolute Gasteiger partial charge is 0.0897 e. The molecule has 1 fully saturated rings. The fourth-order valence-electron chi connectivity index (χ4n) is 2.27. The summed E-state index contributed by atoms with van der Waals surface area (Å²) < 4.78 is 10.9. The average Bonchev–Trinajstić information content (AvgIpc) is 2.45. The van der Waals surface area contributed by atoms with Gasteiger partial charge in [-0.2, -0.15) is 0 Å². The van der Waals surface area contributed by atoms with Crippen molar-refractivity contribution in [2.75, 3.05) is 39.5 Å². The summed E-state index contributed by atoms with van der Waals surface area (Å²) in [6, 6.07) is 0. The molecule has 0 saturated heterocycles. The first-order valence-electron chi connectivity index (χ1n) is 7.52. The Balaban J connectivity index is 1.85. The van der Waals surface area contributed by atoms with Gasteiger partial charge >= 0.3 is 0 Å². The molecule has 0 radical (unpaired) electrons. The van der Waals surface area contributed by atoms with Gasteiger partial charge in [-0.15, -0.1) is 0 Å². The molecule has 3 N–H and O–H groups in total. The molecule has 0 heterocycles. The molecule has 19 heavy (non-hydrogen) atoms. The monoisotopic (exact) mass is 275 g/mol. The Bertz CT molecular complexity index is 198. The van der Waals surface area contributed by atoms with Gasteiger partial charge in [0.25, 0.3) is 0 Å². The second kappa shape index (κ2) is 11.6. The number of nitrogens with one attached hydrogen (secondary N) is 1. The highest BCUT2D eigenvalue weighted by Gasteiger charge is 2.15. The molecule has 0 aliphatic heterocycles. The van der Waals surface area contributed by atoms with Gasteiger partial charge in [0.05, 0.1) is 32.0 Å². The van der Waals surface area contributed by atoms with E-state index in [1.807, 2.05) is 0 Å². The molecule has 0 amide bonds. The maximum atomic E-state index is 9.77. The van der Waals surface area contributed by atoms with Gasteiger partial charge in [0.15, 0.2) is 0 Å². The second-order valence-electron chi connectivity index (χ2n) is 5.14. The van der Waals surface area contributed by atoms with Crippen molar-refractivity contribution < 1.29 is 19.7 Å². The quantitative estimate of drug-likeness (QED) is 0.484. The van der Waals surface area contributed by atoms with E-state index >= 15 is 0 Å². The molecule has 5 nitrogen and oxygen atoms in total. The molecule has 0 aromatic heterocycles. The largest absolute Gasteiger partial charge is 0.394 e. The molecule has 5 heteroatoms. The van der Waals surface area contributed by atoms with Gasteiger partial charge in [-0.1, -0.05) is 19.3 Å². The van der Waals surface area contributed by atoms with E-state index in [0.29, 0.717) is 32.5 Å². The zero-order chi connectivity index (χ0) is 13.8. The minimum atomic E-state index is -0.430. The molecular formula is C14H29NO4. The molecule has 1 aliphatic rings. The summed E-state index contributed by atoms with van der Waals surface area (Å²) in [4.78, 5) is 0. The van der Waals surface area contributed by atoms with E-state index in [9.17, 15) is 5.11 Å². The van der Waals surface area contributed by atoms with E-state index in [1.165, 1.54) is 19.3 Å². The summed E-state index contributed by atoms with van der Waals surface area (Å²) in [5.74, 6) is 0. The van der Waals surface area contributed by atoms with Crippen LogP contribution in [0.25, 0.3) is 0 Å². The van der Waals surface area contributed by atoms with Crippen LogP contribution in [-0.2, 0) is 9.47 Å². The zero-order valence-electron chi connectivity index (χ0n) is 11.9. The van der Waals surface area contributed by atoms with Crippen LogP contribution in [0.2, 0.25) is 0 Å². The molecule has 0 bridgehead atoms. The van der Waals surface area contributed by atoms with Gasteiger partial charge in [0.1, 0.15) is 0 Å². The molecule has 1 atom stereocenters. The van der Waals surface area contributed by atoms with Crippen LogP contribution in [-0.4, -0.2) is 61.9 Å². The first-order valence-corrected chi connectivity index (χ1v) is 7.52. The van der Waals surface area contributed by atoms with Crippen LogP contribution in [0.1, 0.15) is 38.5 Å². The van der Waals surface area contributed by atoms with Crippen LogP contribution >= 0.6 is 0 Å². The normalized spacial score (nSPS) is 18.6. The number of rotatable bonds is 11. The summed E-state index contributed by atoms with van der Waals surface area (Å²) >= 11 is 0. The predicted molar refractivity (Wildman–Crippen MR) is 74.2 cm³/mol. The first kappa shape index (κ1) is 16.9. The van der Waals surface area contributed by atoms with Crippen LogP contribution in [0.15, 0.2) is 0 Å². The molecule has 1 unspecified atom stereocenters. The maximum absolute atomic E-state index is 9.77. The second-order valence-corrected chi connectivity index (χ2v) is 5.14. The fraction of sp³-hybridized carbons (Fsp3) is 1.00. The van der Waals surface area contributed by atoms with E-state index in [4.69, 9.17) is 14.6 Å². The van der Waals surface area contributed by atoms with Crippen molar-refractivity contribution in [3.63, 3.8) is 0 Å². The maximum Gasteiger partial charge on any atom is 0.0897 e. The minimum absolute atomic E-state index is 0.0741. The lowest BCUT2D eigenvalue weighted by Crippen LogP contribution is -2.33. The minimum Gasteiger partial charge on any atom is -0.394 e. The zero-order valence-corrected chi connectivity index (χ0v) is 11.9. The van der Waals surface area contributed by atoms with E-state index < -0.39 is 6.10 Å². The molecule has 0 spiro atoms. The Morgan fingerprint density at radius 2 is 1.95 bits per heavy atom. The van der Waals surface area contributed by atoms with E-state index in [2.05, 4.69) is 5.32 Å². The standard InChI is InChI=1S/C14H29NO4/c16-8-10-18-9-4-7-15-11-13(17)12-19-14-5-2-1-3-6-14/h13-17H,1-12H2. The lowest BCUT2D eigenvalue weighted by Gasteiger charge is -2.23. The molecule has 1 rings (SSSR count). The van der Waals surface area contributed by atoms with E-state index in [0.717, 1.165) is 25.8 Å². The van der Waals surface area contributed by atoms with Crippen LogP contribution < -0.4 is 5.32 Å². The van der Waals surface area contributed by atoms with Crippen molar-refractivity contribution in [3.8, 4) is 0 Å². The highest BCUT2D eigenvalue weighted by molar-refractivity contribution is 4.67. The van der Waals surface area contributed by atoms with Crippen LogP contribution in [0.3, 0.4) is 0 Å². The molecule has 0 aromatic rings. The predicted octanol–water partition coefficient (Wildman–Crippen LogP) is 0.685. The van der Waals surface area contributed by atoms with Crippen molar-refractivity contribution in [2.24, 2.45) is 0 Å². The summed E-state index contributed by atoms with van der Waals surface area (Å²) in [5.41, 5.74) is 0. The van der Waals surface area contributed by atoms with Gasteiger partial charge in [0, 0.05) is 13.2 Å². The number of ether oxygens (including phenoxy) is 2. The van der Waals surface area contributed by atoms with Crippen LogP contribution in [0, 0.1) is 0 Å². The Labute approximate surface area is 116 Å². The number of aliphatic hydroxyl groups is 2. The topological polar surface area (TPSA) is 71.0 Å². The van der Waals surface area contributed by atoms with Crippen LogP contribution in [0.4, 0.5) is 0 Å². The summed E-state index contributed by atoms with van der Waals surface area (Å²) in [7, 11) is 0. The number of hydrogen-bond acceptors (Lipinski definition) is 5. The third-order valence-corrected chi connectivity index (χ3v) is 3.33. The van der Waals surface area contributed by atoms with Gasteiger partial charge in [-0.05, 0) is 25.8 Å². The summed E-state index contributed by atoms with van der Waals surface area (Å²) in [6.45, 7) is 2.92. The molecule has 114 valence electrons. The Morgan fingerprint density at radius 1 is 1.16 bits per heavy atom. The first-order chi connectivity index (χ1) is 9.33. The Morgan fingerprint density at radius 3 is 2.68 bits per heavy atom. The van der Waals surface area contributed by atoms with Gasteiger partial charge in [-0.3, -0.25) is 0 Å². The average molecular weight is 275 g/mol. The Kier molecular flexibility index (Phi) is 10.3. The third-order valence-electron chi connectivity index (χ3n) is 3.33. The Hall–Kier alpha value is -0.200. The van der Waals surface area contributed by atoms with E-state index in [1.54, 1.807) is 0 Å². The molecule has 0 aromatic carbocycles. The van der Waals surface area contributed by atoms with Crippen molar-refractivity contribution >= 4 is 0 Å². The van der Waals surface area contributed by atoms with Gasteiger partial charge in [0.2, 0.25) is 0 Å². The van der Waals surface area contributed by atoms with Gasteiger partial charge in [-0.25, -0.2) is 0 Å². The third kappa shape index (κ3) is 9.35. The van der Waals surface area contributed by atoms with Gasteiger partial charge < -0.3 is 25.0 Å². The molecular weight excluding hydrogens is 246 g/mol. The van der Waals surface area contributed by atoms with Crippen molar-refractivity contribution in [1.82, 2.24) is 5.32 Å². The van der Waals surface area contributed by atoms with Crippen molar-refractivity contribution in [2.45, 2.75) is 50.7 Å². The molecule has 1 aliphatic carbocycles. The van der Waals surface area contributed by atoms with Crippen molar-refractivity contribution in [3.05, 3.63) is 0 Å².